The largest absolute Gasteiger partial charge is 0.374 e. The Kier molecular flexibility index (Phi) is 6.79. The fraction of sp³-hybridized carbons (Fsp3) is 0.360. The summed E-state index contributed by atoms with van der Waals surface area (Å²) in [5.74, 6) is -0.152. The lowest BCUT2D eigenvalue weighted by Crippen LogP contribution is -2.47. The van der Waals surface area contributed by atoms with Gasteiger partial charge >= 0.3 is 0 Å². The monoisotopic (exact) mass is 419 g/mol. The molecule has 2 aromatic carbocycles. The Bertz CT molecular complexity index is 944. The van der Waals surface area contributed by atoms with Crippen LogP contribution in [0.2, 0.25) is 0 Å². The number of carbonyl (C=O) groups excluding carboxylic acids is 2. The lowest BCUT2D eigenvalue weighted by atomic mass is 9.93. The van der Waals surface area contributed by atoms with E-state index in [0.717, 1.165) is 30.8 Å². The second-order valence-corrected chi connectivity index (χ2v) is 8.11. The van der Waals surface area contributed by atoms with E-state index in [-0.39, 0.29) is 30.4 Å². The van der Waals surface area contributed by atoms with Gasteiger partial charge in [0.1, 0.15) is 0 Å². The Hall–Kier alpha value is -2.96. The molecule has 4 rings (SSSR count). The van der Waals surface area contributed by atoms with E-state index in [4.69, 9.17) is 4.74 Å². The zero-order valence-electron chi connectivity index (χ0n) is 17.9. The summed E-state index contributed by atoms with van der Waals surface area (Å²) in [4.78, 5) is 28.9. The summed E-state index contributed by atoms with van der Waals surface area (Å²) in [6, 6.07) is 18.0. The molecule has 6 heteroatoms. The van der Waals surface area contributed by atoms with Crippen LogP contribution in [0.1, 0.15) is 36.1 Å². The zero-order chi connectivity index (χ0) is 21.6. The molecule has 6 nitrogen and oxygen atoms in total. The fourth-order valence-corrected chi connectivity index (χ4v) is 4.28. The van der Waals surface area contributed by atoms with Crippen LogP contribution in [-0.4, -0.2) is 54.0 Å². The molecule has 0 radical (unpaired) electrons. The summed E-state index contributed by atoms with van der Waals surface area (Å²) in [7, 11) is 0. The van der Waals surface area contributed by atoms with Crippen molar-refractivity contribution in [1.29, 1.82) is 0 Å². The van der Waals surface area contributed by atoms with E-state index in [1.807, 2.05) is 36.4 Å². The number of nitrogens with zero attached hydrogens (tertiary/aromatic N) is 2. The Morgan fingerprint density at radius 2 is 1.87 bits per heavy atom. The summed E-state index contributed by atoms with van der Waals surface area (Å²) in [6.45, 7) is 5.20. The highest BCUT2D eigenvalue weighted by atomic mass is 16.5. The first-order valence-corrected chi connectivity index (χ1v) is 10.8. The standard InChI is InChI=1S/C25H29N3O3/c1-19(29)28-12-11-21-9-5-6-10-23(21)24(28)15-25(30)26-16-22-18-27(13-14-31-22)17-20-7-3-2-4-8-20/h2-12,22,24H,13-18H2,1H3,(H,26,30). The van der Waals surface area contributed by atoms with Crippen LogP contribution < -0.4 is 5.32 Å². The van der Waals surface area contributed by atoms with Crippen LogP contribution >= 0.6 is 0 Å². The summed E-state index contributed by atoms with van der Waals surface area (Å²) in [5.41, 5.74) is 3.32. The third-order valence-electron chi connectivity index (χ3n) is 5.85. The number of hydrogen-bond donors (Lipinski definition) is 1. The number of nitrogens with one attached hydrogen (secondary N) is 1. The van der Waals surface area contributed by atoms with Gasteiger partial charge in [0.25, 0.3) is 0 Å². The summed E-state index contributed by atoms with van der Waals surface area (Å²) in [6.07, 6.45) is 3.88. The minimum absolute atomic E-state index is 0.0381. The molecule has 162 valence electrons. The van der Waals surface area contributed by atoms with Crippen molar-refractivity contribution in [3.63, 3.8) is 0 Å². The minimum Gasteiger partial charge on any atom is -0.374 e. The first-order chi connectivity index (χ1) is 15.1. The molecular weight excluding hydrogens is 390 g/mol. The highest BCUT2D eigenvalue weighted by Gasteiger charge is 2.28. The molecule has 0 saturated carbocycles. The van der Waals surface area contributed by atoms with Crippen molar-refractivity contribution >= 4 is 17.9 Å². The van der Waals surface area contributed by atoms with Crippen molar-refractivity contribution in [1.82, 2.24) is 15.1 Å². The molecule has 1 N–H and O–H groups in total. The van der Waals surface area contributed by atoms with Crippen molar-refractivity contribution in [3.05, 3.63) is 77.5 Å². The third kappa shape index (κ3) is 5.40. The Morgan fingerprint density at radius 3 is 2.68 bits per heavy atom. The number of amides is 2. The van der Waals surface area contributed by atoms with E-state index in [1.165, 1.54) is 12.5 Å². The highest BCUT2D eigenvalue weighted by molar-refractivity contribution is 5.81. The van der Waals surface area contributed by atoms with Crippen LogP contribution in [0.15, 0.2) is 60.8 Å². The average Bonchev–Trinajstić information content (AvgIpc) is 2.79. The van der Waals surface area contributed by atoms with Gasteiger partial charge < -0.3 is 15.0 Å². The van der Waals surface area contributed by atoms with Gasteiger partial charge in [0.15, 0.2) is 0 Å². The second kappa shape index (κ2) is 9.90. The van der Waals surface area contributed by atoms with Crippen molar-refractivity contribution in [2.45, 2.75) is 32.0 Å². The van der Waals surface area contributed by atoms with Gasteiger partial charge in [-0.25, -0.2) is 0 Å². The van der Waals surface area contributed by atoms with E-state index in [2.05, 4.69) is 34.5 Å². The van der Waals surface area contributed by atoms with Gasteiger partial charge in [0.2, 0.25) is 11.8 Å². The summed E-state index contributed by atoms with van der Waals surface area (Å²) in [5, 5.41) is 3.02. The maximum absolute atomic E-state index is 12.8. The Labute approximate surface area is 183 Å². The molecule has 2 atom stereocenters. The van der Waals surface area contributed by atoms with Crippen LogP contribution in [0, 0.1) is 0 Å². The lowest BCUT2D eigenvalue weighted by Gasteiger charge is -2.34. The van der Waals surface area contributed by atoms with E-state index < -0.39 is 0 Å². The Balaban J connectivity index is 1.32. The number of hydrogen-bond acceptors (Lipinski definition) is 4. The molecule has 31 heavy (non-hydrogen) atoms. The van der Waals surface area contributed by atoms with Crippen LogP contribution in [0.5, 0.6) is 0 Å². The number of benzene rings is 2. The molecule has 2 unspecified atom stereocenters. The van der Waals surface area contributed by atoms with E-state index in [1.54, 1.807) is 11.1 Å². The van der Waals surface area contributed by atoms with Crippen molar-refractivity contribution in [2.24, 2.45) is 0 Å². The fourth-order valence-electron chi connectivity index (χ4n) is 4.28. The molecule has 0 aliphatic carbocycles. The summed E-state index contributed by atoms with van der Waals surface area (Å²) < 4.78 is 5.87. The topological polar surface area (TPSA) is 61.9 Å². The smallest absolute Gasteiger partial charge is 0.223 e. The van der Waals surface area contributed by atoms with E-state index in [9.17, 15) is 9.59 Å². The van der Waals surface area contributed by atoms with Crippen LogP contribution in [0.25, 0.3) is 6.08 Å². The quantitative estimate of drug-likeness (QED) is 0.782. The predicted molar refractivity (Wildman–Crippen MR) is 120 cm³/mol. The normalized spacial score (nSPS) is 20.9. The van der Waals surface area contributed by atoms with Gasteiger partial charge in [-0.1, -0.05) is 54.6 Å². The molecule has 2 aromatic rings. The predicted octanol–water partition coefficient (Wildman–Crippen LogP) is 2.97. The van der Waals surface area contributed by atoms with Crippen LogP contribution in [0.4, 0.5) is 0 Å². The number of carbonyl (C=O) groups is 2. The molecule has 0 bridgehead atoms. The zero-order valence-corrected chi connectivity index (χ0v) is 17.9. The minimum atomic E-state index is -0.291. The van der Waals surface area contributed by atoms with Gasteiger partial charge in [-0.2, -0.15) is 0 Å². The second-order valence-electron chi connectivity index (χ2n) is 8.11. The third-order valence-corrected chi connectivity index (χ3v) is 5.85. The number of rotatable bonds is 6. The van der Waals surface area contributed by atoms with Gasteiger partial charge in [-0.15, -0.1) is 0 Å². The molecule has 2 aliphatic heterocycles. The molecule has 2 aliphatic rings. The summed E-state index contributed by atoms with van der Waals surface area (Å²) >= 11 is 0. The number of fused-ring (bicyclic) bond motifs is 1. The van der Waals surface area contributed by atoms with Crippen molar-refractivity contribution < 1.29 is 14.3 Å². The highest BCUT2D eigenvalue weighted by Crippen LogP contribution is 2.32. The maximum Gasteiger partial charge on any atom is 0.223 e. The molecule has 2 heterocycles. The lowest BCUT2D eigenvalue weighted by molar-refractivity contribution is -0.130. The molecule has 2 amide bonds. The van der Waals surface area contributed by atoms with Gasteiger partial charge in [-0.3, -0.25) is 14.5 Å². The molecular formula is C25H29N3O3. The van der Waals surface area contributed by atoms with Gasteiger partial charge in [0.05, 0.1) is 25.2 Å². The first kappa shape index (κ1) is 21.3. The van der Waals surface area contributed by atoms with Crippen LogP contribution in [-0.2, 0) is 20.9 Å². The molecule has 1 fully saturated rings. The molecule has 0 aromatic heterocycles. The first-order valence-electron chi connectivity index (χ1n) is 10.8. The average molecular weight is 420 g/mol. The number of morpholine rings is 1. The van der Waals surface area contributed by atoms with Gasteiger partial charge in [0, 0.05) is 39.3 Å². The van der Waals surface area contributed by atoms with Crippen molar-refractivity contribution in [3.8, 4) is 0 Å². The van der Waals surface area contributed by atoms with E-state index >= 15 is 0 Å². The maximum atomic E-state index is 12.8. The van der Waals surface area contributed by atoms with E-state index in [0.29, 0.717) is 13.2 Å². The molecule has 1 saturated heterocycles. The Morgan fingerprint density at radius 1 is 1.10 bits per heavy atom. The van der Waals surface area contributed by atoms with Gasteiger partial charge in [-0.05, 0) is 22.8 Å². The van der Waals surface area contributed by atoms with Crippen molar-refractivity contribution in [2.75, 3.05) is 26.2 Å². The SMILES string of the molecule is CC(=O)N1C=Cc2ccccc2C1CC(=O)NCC1CN(Cc2ccccc2)CCO1. The van der Waals surface area contributed by atoms with Crippen LogP contribution in [0.3, 0.4) is 0 Å². The molecule has 0 spiro atoms. The number of ether oxygens (including phenoxy) is 1.